The molecule has 0 rings (SSSR count). The summed E-state index contributed by atoms with van der Waals surface area (Å²) in [7, 11) is 0. The number of rotatable bonds is 6. The van der Waals surface area contributed by atoms with Gasteiger partial charge in [-0.3, -0.25) is 4.79 Å². The number of hydrogen-bond donors (Lipinski definition) is 2. The van der Waals surface area contributed by atoms with Crippen LogP contribution in [0.1, 0.15) is 6.92 Å². The first kappa shape index (κ1) is 11.7. The summed E-state index contributed by atoms with van der Waals surface area (Å²) in [5, 5.41) is 0. The average molecular weight is 193 g/mol. The van der Waals surface area contributed by atoms with Crippen molar-refractivity contribution in [1.82, 2.24) is 0 Å². The second kappa shape index (κ2) is 7.39. The molecule has 0 unspecified atom stereocenters. The normalized spacial score (nSPS) is 12.6. The summed E-state index contributed by atoms with van der Waals surface area (Å²) < 4.78 is 9.72. The van der Waals surface area contributed by atoms with Crippen LogP contribution in [0.15, 0.2) is 0 Å². The van der Waals surface area contributed by atoms with Gasteiger partial charge in [-0.15, -0.1) is 0 Å². The van der Waals surface area contributed by atoms with Gasteiger partial charge in [-0.1, -0.05) is 0 Å². The van der Waals surface area contributed by atoms with Crippen molar-refractivity contribution in [2.75, 3.05) is 25.6 Å². The van der Waals surface area contributed by atoms with Crippen LogP contribution in [-0.4, -0.2) is 37.6 Å². The Hall–Kier alpha value is -0.260. The molecular formula is C7H15NO3S. The molecule has 0 radical (unpaired) electrons. The molecule has 0 saturated heterocycles. The third kappa shape index (κ3) is 5.40. The first-order valence-corrected chi connectivity index (χ1v) is 4.46. The average Bonchev–Trinajstić information content (AvgIpc) is 2.10. The molecule has 0 amide bonds. The van der Waals surface area contributed by atoms with Crippen LogP contribution in [0.4, 0.5) is 0 Å². The van der Waals surface area contributed by atoms with Gasteiger partial charge in [-0.05, 0) is 6.92 Å². The molecule has 0 aromatic carbocycles. The van der Waals surface area contributed by atoms with Crippen LogP contribution in [0.25, 0.3) is 0 Å². The van der Waals surface area contributed by atoms with Gasteiger partial charge in [0.15, 0.2) is 0 Å². The van der Waals surface area contributed by atoms with E-state index in [4.69, 9.17) is 15.2 Å². The van der Waals surface area contributed by atoms with E-state index in [-0.39, 0.29) is 6.61 Å². The van der Waals surface area contributed by atoms with Crippen LogP contribution in [0.2, 0.25) is 0 Å². The first-order chi connectivity index (χ1) is 5.72. The van der Waals surface area contributed by atoms with Crippen LogP contribution in [-0.2, 0) is 14.3 Å². The molecular weight excluding hydrogens is 178 g/mol. The zero-order valence-corrected chi connectivity index (χ0v) is 8.05. The Morgan fingerprint density at radius 3 is 2.75 bits per heavy atom. The molecule has 0 heterocycles. The molecule has 0 aliphatic heterocycles. The van der Waals surface area contributed by atoms with Gasteiger partial charge in [-0.2, -0.15) is 12.6 Å². The lowest BCUT2D eigenvalue weighted by atomic mass is 10.4. The van der Waals surface area contributed by atoms with E-state index in [0.29, 0.717) is 19.0 Å². The van der Waals surface area contributed by atoms with Crippen molar-refractivity contribution in [2.24, 2.45) is 5.73 Å². The molecule has 0 aromatic rings. The number of esters is 1. The number of nitrogens with two attached hydrogens (primary N) is 1. The summed E-state index contributed by atoms with van der Waals surface area (Å²) in [6.07, 6.45) is 0. The van der Waals surface area contributed by atoms with Gasteiger partial charge in [0.2, 0.25) is 0 Å². The number of thiol groups is 1. The van der Waals surface area contributed by atoms with Crippen LogP contribution in [0.5, 0.6) is 0 Å². The van der Waals surface area contributed by atoms with E-state index < -0.39 is 12.0 Å². The minimum Gasteiger partial charge on any atom is -0.462 e. The van der Waals surface area contributed by atoms with Gasteiger partial charge >= 0.3 is 5.97 Å². The summed E-state index contributed by atoms with van der Waals surface area (Å²) in [6, 6.07) is -0.630. The van der Waals surface area contributed by atoms with Gasteiger partial charge in [0.1, 0.15) is 12.6 Å². The SMILES string of the molecule is CCOCCOC(=O)[C@@H](N)CS. The molecule has 0 aliphatic rings. The topological polar surface area (TPSA) is 61.5 Å². The fourth-order valence-electron chi connectivity index (χ4n) is 0.527. The lowest BCUT2D eigenvalue weighted by molar-refractivity contribution is -0.146. The summed E-state index contributed by atoms with van der Waals surface area (Å²) in [4.78, 5) is 10.9. The fraction of sp³-hybridized carbons (Fsp3) is 0.857. The van der Waals surface area contributed by atoms with Crippen molar-refractivity contribution in [3.05, 3.63) is 0 Å². The second-order valence-corrected chi connectivity index (χ2v) is 2.52. The van der Waals surface area contributed by atoms with Crippen molar-refractivity contribution in [2.45, 2.75) is 13.0 Å². The zero-order valence-electron chi connectivity index (χ0n) is 7.16. The smallest absolute Gasteiger partial charge is 0.323 e. The largest absolute Gasteiger partial charge is 0.462 e. The monoisotopic (exact) mass is 193 g/mol. The second-order valence-electron chi connectivity index (χ2n) is 2.15. The summed E-state index contributed by atoms with van der Waals surface area (Å²) >= 11 is 3.86. The summed E-state index contributed by atoms with van der Waals surface area (Å²) in [6.45, 7) is 3.17. The van der Waals surface area contributed by atoms with Gasteiger partial charge in [0.05, 0.1) is 6.61 Å². The summed E-state index contributed by atoms with van der Waals surface area (Å²) in [5.74, 6) is -0.127. The maximum absolute atomic E-state index is 10.9. The van der Waals surface area contributed by atoms with E-state index in [0.717, 1.165) is 0 Å². The Labute approximate surface area is 77.8 Å². The zero-order chi connectivity index (χ0) is 9.40. The number of carbonyl (C=O) groups excluding carboxylic acids is 1. The molecule has 2 N–H and O–H groups in total. The molecule has 0 spiro atoms. The van der Waals surface area contributed by atoms with E-state index in [1.54, 1.807) is 0 Å². The Kier molecular flexibility index (Phi) is 7.23. The van der Waals surface area contributed by atoms with Crippen molar-refractivity contribution >= 4 is 18.6 Å². The standard InChI is InChI=1S/C7H15NO3S/c1-2-10-3-4-11-7(9)6(8)5-12/h6,12H,2-5,8H2,1H3/t6-/m0/s1. The van der Waals surface area contributed by atoms with E-state index in [1.807, 2.05) is 6.92 Å². The molecule has 4 nitrogen and oxygen atoms in total. The Bertz CT molecular complexity index is 132. The minimum absolute atomic E-state index is 0.258. The van der Waals surface area contributed by atoms with Crippen LogP contribution >= 0.6 is 12.6 Å². The third-order valence-corrected chi connectivity index (χ3v) is 1.57. The number of ether oxygens (including phenoxy) is 2. The molecule has 1 atom stereocenters. The van der Waals surface area contributed by atoms with Gasteiger partial charge in [0, 0.05) is 12.4 Å². The van der Waals surface area contributed by atoms with Crippen molar-refractivity contribution < 1.29 is 14.3 Å². The van der Waals surface area contributed by atoms with Gasteiger partial charge < -0.3 is 15.2 Å². The van der Waals surface area contributed by atoms with Crippen LogP contribution < -0.4 is 5.73 Å². The molecule has 0 fully saturated rings. The predicted molar refractivity (Wildman–Crippen MR) is 49.3 cm³/mol. The molecule has 0 saturated carbocycles. The summed E-state index contributed by atoms with van der Waals surface area (Å²) in [5.41, 5.74) is 5.34. The van der Waals surface area contributed by atoms with Crippen molar-refractivity contribution in [3.63, 3.8) is 0 Å². The lowest BCUT2D eigenvalue weighted by Crippen LogP contribution is -2.34. The van der Waals surface area contributed by atoms with E-state index >= 15 is 0 Å². The maximum Gasteiger partial charge on any atom is 0.323 e. The van der Waals surface area contributed by atoms with Crippen LogP contribution in [0.3, 0.4) is 0 Å². The molecule has 0 aromatic heterocycles. The Balaban J connectivity index is 3.31. The van der Waals surface area contributed by atoms with Crippen molar-refractivity contribution in [1.29, 1.82) is 0 Å². The lowest BCUT2D eigenvalue weighted by Gasteiger charge is -2.08. The highest BCUT2D eigenvalue weighted by molar-refractivity contribution is 7.80. The third-order valence-electron chi connectivity index (χ3n) is 1.18. The maximum atomic E-state index is 10.9. The van der Waals surface area contributed by atoms with E-state index in [2.05, 4.69) is 12.6 Å². The highest BCUT2D eigenvalue weighted by Crippen LogP contribution is 1.88. The van der Waals surface area contributed by atoms with Gasteiger partial charge in [-0.25, -0.2) is 0 Å². The molecule has 72 valence electrons. The fourth-order valence-corrected chi connectivity index (χ4v) is 0.676. The Morgan fingerprint density at radius 2 is 2.25 bits per heavy atom. The quantitative estimate of drug-likeness (QED) is 0.349. The number of carbonyl (C=O) groups is 1. The molecule has 0 bridgehead atoms. The minimum atomic E-state index is -0.630. The van der Waals surface area contributed by atoms with Crippen LogP contribution in [0, 0.1) is 0 Å². The number of hydrogen-bond acceptors (Lipinski definition) is 5. The Morgan fingerprint density at radius 1 is 1.58 bits per heavy atom. The highest BCUT2D eigenvalue weighted by Gasteiger charge is 2.11. The molecule has 12 heavy (non-hydrogen) atoms. The first-order valence-electron chi connectivity index (χ1n) is 3.83. The molecule has 0 aliphatic carbocycles. The van der Waals surface area contributed by atoms with E-state index in [9.17, 15) is 4.79 Å². The van der Waals surface area contributed by atoms with Gasteiger partial charge in [0.25, 0.3) is 0 Å². The predicted octanol–water partition coefficient (Wildman–Crippen LogP) is -0.177. The van der Waals surface area contributed by atoms with E-state index in [1.165, 1.54) is 0 Å². The molecule has 5 heteroatoms. The highest BCUT2D eigenvalue weighted by atomic mass is 32.1. The van der Waals surface area contributed by atoms with Crippen molar-refractivity contribution in [3.8, 4) is 0 Å².